The van der Waals surface area contributed by atoms with Gasteiger partial charge in [0, 0.05) is 25.4 Å². The molecule has 172 valence electrons. The van der Waals surface area contributed by atoms with Gasteiger partial charge in [0.05, 0.1) is 23.1 Å². The van der Waals surface area contributed by atoms with E-state index in [1.807, 2.05) is 6.92 Å². The summed E-state index contributed by atoms with van der Waals surface area (Å²) in [5, 5.41) is 12.9. The number of amides is 1. The highest BCUT2D eigenvalue weighted by molar-refractivity contribution is 6.30. The fraction of sp³-hybridized carbons (Fsp3) is 0.435. The summed E-state index contributed by atoms with van der Waals surface area (Å²) < 4.78 is 21.0. The van der Waals surface area contributed by atoms with Crippen molar-refractivity contribution < 1.29 is 23.8 Å². The van der Waals surface area contributed by atoms with Crippen LogP contribution in [0.15, 0.2) is 29.2 Å². The Labute approximate surface area is 190 Å². The molecule has 9 heteroatoms. The number of halogens is 2. The van der Waals surface area contributed by atoms with Crippen molar-refractivity contribution in [2.75, 3.05) is 7.11 Å². The van der Waals surface area contributed by atoms with Crippen LogP contribution in [0.5, 0.6) is 5.75 Å². The highest BCUT2D eigenvalue weighted by atomic mass is 35.5. The van der Waals surface area contributed by atoms with E-state index in [0.717, 1.165) is 12.8 Å². The van der Waals surface area contributed by atoms with Gasteiger partial charge in [-0.3, -0.25) is 14.4 Å². The van der Waals surface area contributed by atoms with E-state index >= 15 is 0 Å². The maximum atomic E-state index is 14.1. The average molecular weight is 465 g/mol. The Morgan fingerprint density at radius 1 is 1.41 bits per heavy atom. The number of fused-ring (bicyclic) bond motifs is 1. The number of rotatable bonds is 7. The number of carbonyl (C=O) groups is 2. The Bertz CT molecular complexity index is 1120. The zero-order valence-electron chi connectivity index (χ0n) is 18.2. The number of ketones is 1. The first-order valence-electron chi connectivity index (χ1n) is 10.4. The molecule has 0 fully saturated rings. The van der Waals surface area contributed by atoms with E-state index in [-0.39, 0.29) is 34.9 Å². The highest BCUT2D eigenvalue weighted by Crippen LogP contribution is 2.40. The van der Waals surface area contributed by atoms with Crippen LogP contribution < -0.4 is 10.7 Å². The fourth-order valence-electron chi connectivity index (χ4n) is 4.10. The summed E-state index contributed by atoms with van der Waals surface area (Å²) in [5.74, 6) is -2.64. The standard InChI is InChI=1S/C23H26ClFN2O5/c1-4-5-9-23(2)16(32-3)12-27-11-14(19(28)20(29)18(27)21(23)30)22(31)26-10-13-7-6-8-15(24)17(13)25/h6-8,11,16,29H,4-5,9-10,12H2,1-3H3,(H,26,31)/t16-,23-/m0/s1. The van der Waals surface area contributed by atoms with E-state index in [9.17, 15) is 23.9 Å². The van der Waals surface area contributed by atoms with Crippen LogP contribution in [0.4, 0.5) is 4.39 Å². The van der Waals surface area contributed by atoms with Crippen molar-refractivity contribution in [3.63, 3.8) is 0 Å². The summed E-state index contributed by atoms with van der Waals surface area (Å²) >= 11 is 5.75. The lowest BCUT2D eigenvalue weighted by Crippen LogP contribution is -2.49. The van der Waals surface area contributed by atoms with Gasteiger partial charge in [-0.1, -0.05) is 43.5 Å². The van der Waals surface area contributed by atoms with Gasteiger partial charge in [0.2, 0.25) is 5.43 Å². The number of unbranched alkanes of at least 4 members (excludes halogenated alkanes) is 1. The molecule has 1 aromatic heterocycles. The lowest BCUT2D eigenvalue weighted by atomic mass is 9.72. The quantitative estimate of drug-likeness (QED) is 0.651. The molecule has 0 saturated heterocycles. The molecule has 0 bridgehead atoms. The summed E-state index contributed by atoms with van der Waals surface area (Å²) in [5.41, 5.74) is -2.19. The van der Waals surface area contributed by atoms with Gasteiger partial charge < -0.3 is 19.7 Å². The third kappa shape index (κ3) is 4.17. The molecular weight excluding hydrogens is 439 g/mol. The first-order valence-corrected chi connectivity index (χ1v) is 10.8. The smallest absolute Gasteiger partial charge is 0.257 e. The van der Waals surface area contributed by atoms with Crippen LogP contribution in [-0.2, 0) is 17.8 Å². The second-order valence-electron chi connectivity index (χ2n) is 8.19. The third-order valence-corrected chi connectivity index (χ3v) is 6.40. The average Bonchev–Trinajstić information content (AvgIpc) is 2.77. The second-order valence-corrected chi connectivity index (χ2v) is 8.60. The number of pyridine rings is 1. The molecule has 0 spiro atoms. The Morgan fingerprint density at radius 3 is 2.78 bits per heavy atom. The van der Waals surface area contributed by atoms with Crippen LogP contribution in [0.2, 0.25) is 5.02 Å². The lowest BCUT2D eigenvalue weighted by Gasteiger charge is -2.41. The van der Waals surface area contributed by atoms with Crippen molar-refractivity contribution in [3.8, 4) is 5.75 Å². The first-order chi connectivity index (χ1) is 15.2. The van der Waals surface area contributed by atoms with Crippen molar-refractivity contribution in [1.82, 2.24) is 9.88 Å². The molecule has 0 unspecified atom stereocenters. The zero-order valence-corrected chi connectivity index (χ0v) is 19.0. The number of benzene rings is 1. The van der Waals surface area contributed by atoms with Crippen molar-refractivity contribution in [2.45, 2.75) is 52.3 Å². The molecule has 0 radical (unpaired) electrons. The molecule has 0 aliphatic carbocycles. The van der Waals surface area contributed by atoms with Gasteiger partial charge in [0.1, 0.15) is 17.1 Å². The number of hydrogen-bond acceptors (Lipinski definition) is 5. The Kier molecular flexibility index (Phi) is 7.05. The number of methoxy groups -OCH3 is 1. The van der Waals surface area contributed by atoms with Gasteiger partial charge in [-0.05, 0) is 19.4 Å². The Hall–Kier alpha value is -2.71. The molecule has 2 heterocycles. The summed E-state index contributed by atoms with van der Waals surface area (Å²) in [7, 11) is 1.50. The largest absolute Gasteiger partial charge is 0.503 e. The molecule has 2 atom stereocenters. The van der Waals surface area contributed by atoms with Crippen LogP contribution >= 0.6 is 11.6 Å². The van der Waals surface area contributed by atoms with Crippen LogP contribution in [0.3, 0.4) is 0 Å². The normalized spacial score (nSPS) is 20.2. The van der Waals surface area contributed by atoms with Crippen LogP contribution in [0.1, 0.15) is 59.5 Å². The summed E-state index contributed by atoms with van der Waals surface area (Å²) in [4.78, 5) is 38.7. The number of nitrogens with zero attached hydrogens (tertiary/aromatic N) is 1. The number of ether oxygens (including phenoxy) is 1. The summed E-state index contributed by atoms with van der Waals surface area (Å²) in [6.45, 7) is 3.76. The highest BCUT2D eigenvalue weighted by Gasteiger charge is 2.47. The molecule has 1 amide bonds. The van der Waals surface area contributed by atoms with Gasteiger partial charge in [-0.25, -0.2) is 4.39 Å². The number of hydrogen-bond donors (Lipinski definition) is 2. The van der Waals surface area contributed by atoms with E-state index in [2.05, 4.69) is 5.32 Å². The van der Waals surface area contributed by atoms with Crippen LogP contribution in [0.25, 0.3) is 0 Å². The summed E-state index contributed by atoms with van der Waals surface area (Å²) in [6, 6.07) is 4.38. The minimum Gasteiger partial charge on any atom is -0.503 e. The van der Waals surface area contributed by atoms with E-state index in [1.165, 1.54) is 30.0 Å². The molecule has 2 N–H and O–H groups in total. The molecule has 1 aliphatic heterocycles. The first kappa shape index (κ1) is 23.9. The van der Waals surface area contributed by atoms with Crippen molar-refractivity contribution in [2.24, 2.45) is 5.41 Å². The van der Waals surface area contributed by atoms with Crippen LogP contribution in [-0.4, -0.2) is 34.6 Å². The molecular formula is C23H26ClFN2O5. The molecule has 0 saturated carbocycles. The number of Topliss-reactive ketones (excluding diaryl/α,β-unsaturated/α-hetero) is 1. The van der Waals surface area contributed by atoms with E-state index in [0.29, 0.717) is 6.42 Å². The number of aromatic nitrogens is 1. The van der Waals surface area contributed by atoms with Gasteiger partial charge in [0.25, 0.3) is 5.91 Å². The van der Waals surface area contributed by atoms with Gasteiger partial charge in [-0.15, -0.1) is 0 Å². The van der Waals surface area contributed by atoms with E-state index in [1.54, 1.807) is 13.0 Å². The maximum absolute atomic E-state index is 14.1. The monoisotopic (exact) mass is 464 g/mol. The molecule has 1 aliphatic rings. The van der Waals surface area contributed by atoms with Crippen molar-refractivity contribution in [3.05, 3.63) is 62.3 Å². The fourth-order valence-corrected chi connectivity index (χ4v) is 4.29. The number of nitrogens with one attached hydrogen (secondary N) is 1. The van der Waals surface area contributed by atoms with Crippen LogP contribution in [0, 0.1) is 11.2 Å². The SMILES string of the molecule is CCCC[C@]1(C)C(=O)c2c(O)c(=O)c(C(=O)NCc3cccc(Cl)c3F)cn2C[C@@H]1OC. The molecule has 7 nitrogen and oxygen atoms in total. The van der Waals surface area contributed by atoms with E-state index in [4.69, 9.17) is 16.3 Å². The minimum atomic E-state index is -0.956. The van der Waals surface area contributed by atoms with Gasteiger partial charge >= 0.3 is 0 Å². The van der Waals surface area contributed by atoms with E-state index < -0.39 is 40.2 Å². The lowest BCUT2D eigenvalue weighted by molar-refractivity contribution is -0.0190. The third-order valence-electron chi connectivity index (χ3n) is 6.11. The molecule has 2 aromatic rings. The zero-order chi connectivity index (χ0) is 23.6. The van der Waals surface area contributed by atoms with Crippen molar-refractivity contribution >= 4 is 23.3 Å². The molecule has 32 heavy (non-hydrogen) atoms. The number of carbonyl (C=O) groups excluding carboxylic acids is 2. The van der Waals surface area contributed by atoms with Crippen molar-refractivity contribution in [1.29, 1.82) is 0 Å². The summed E-state index contributed by atoms with van der Waals surface area (Å²) in [6.07, 6.45) is 2.96. The van der Waals surface area contributed by atoms with Gasteiger partial charge in [-0.2, -0.15) is 0 Å². The Balaban J connectivity index is 1.94. The predicted octanol–water partition coefficient (Wildman–Crippen LogP) is 3.68. The predicted molar refractivity (Wildman–Crippen MR) is 118 cm³/mol. The molecule has 3 rings (SSSR count). The number of aromatic hydroxyl groups is 1. The van der Waals surface area contributed by atoms with Gasteiger partial charge in [0.15, 0.2) is 11.5 Å². The second kappa shape index (κ2) is 9.42. The Morgan fingerprint density at radius 2 is 2.12 bits per heavy atom. The maximum Gasteiger partial charge on any atom is 0.257 e. The topological polar surface area (TPSA) is 97.6 Å². The molecule has 1 aromatic carbocycles. The minimum absolute atomic E-state index is 0.0847.